The van der Waals surface area contributed by atoms with Crippen LogP contribution in [0.15, 0.2) is 87.3 Å². The van der Waals surface area contributed by atoms with Crippen molar-refractivity contribution in [2.45, 2.75) is 94.5 Å². The fraction of sp³-hybridized carbons (Fsp3) is 0.390. The van der Waals surface area contributed by atoms with E-state index in [9.17, 15) is 53.7 Å². The van der Waals surface area contributed by atoms with Crippen LogP contribution in [0.2, 0.25) is 0 Å². The Labute approximate surface area is 359 Å². The number of aromatic amines is 1. The number of carboxylic acid groups (broad SMARTS) is 1. The number of rotatable bonds is 17. The number of urea groups is 1. The van der Waals surface area contributed by atoms with Crippen LogP contribution in [0.3, 0.4) is 0 Å². The number of ether oxygens (including phenoxy) is 1. The molecule has 0 bridgehead atoms. The molecule has 9 atom stereocenters. The highest BCUT2D eigenvalue weighted by Crippen LogP contribution is 2.34. The number of aromatic hydroxyl groups is 1. The number of benzene rings is 2. The molecule has 1 fully saturated rings. The fourth-order valence-corrected chi connectivity index (χ4v) is 6.86. The molecule has 63 heavy (non-hydrogen) atoms. The average Bonchev–Trinajstić information content (AvgIpc) is 3.82. The van der Waals surface area contributed by atoms with Crippen LogP contribution in [-0.4, -0.2) is 121 Å². The lowest BCUT2D eigenvalue weighted by atomic mass is 9.94. The van der Waals surface area contributed by atoms with Crippen LogP contribution >= 0.6 is 0 Å². The quantitative estimate of drug-likeness (QED) is 0.0773. The highest BCUT2D eigenvalue weighted by atomic mass is 16.5. The largest absolute Gasteiger partial charge is 0.508 e. The summed E-state index contributed by atoms with van der Waals surface area (Å²) in [5.41, 5.74) is 6.19. The summed E-state index contributed by atoms with van der Waals surface area (Å²) in [6, 6.07) is 5.35. The maximum atomic E-state index is 14.1. The van der Waals surface area contributed by atoms with Gasteiger partial charge in [0.05, 0.1) is 17.8 Å². The number of nitrogens with one attached hydrogen (secondary N) is 6. The van der Waals surface area contributed by atoms with E-state index in [0.29, 0.717) is 11.3 Å². The van der Waals surface area contributed by atoms with E-state index in [1.807, 2.05) is 0 Å². The van der Waals surface area contributed by atoms with E-state index < -0.39 is 101 Å². The molecule has 3 heterocycles. The SMILES string of the molecule is CC(N)C(=O)NC(Cc1cccc(O)c1)C(=O)N(C)C(C)C(NC(=O)C(C)NC(=O)NC(CC1C=Nc2ccccc21)C(=O)O)C(=O)NC=C1CC(O)C(n2ccc(=O)[nH]c2=O)O1. The summed E-state index contributed by atoms with van der Waals surface area (Å²) >= 11 is 0. The van der Waals surface area contributed by atoms with Gasteiger partial charge in [0.15, 0.2) is 0 Å². The van der Waals surface area contributed by atoms with E-state index in [0.717, 1.165) is 33.5 Å². The molecule has 22 nitrogen and oxygen atoms in total. The first-order valence-corrected chi connectivity index (χ1v) is 19.8. The summed E-state index contributed by atoms with van der Waals surface area (Å²) in [5.74, 6) is -5.07. The highest BCUT2D eigenvalue weighted by Gasteiger charge is 2.38. The monoisotopic (exact) mass is 874 g/mol. The third-order valence-corrected chi connectivity index (χ3v) is 10.5. The summed E-state index contributed by atoms with van der Waals surface area (Å²) in [6.07, 6.45) is 0.904. The van der Waals surface area contributed by atoms with Crippen molar-refractivity contribution in [3.63, 3.8) is 0 Å². The van der Waals surface area contributed by atoms with E-state index in [2.05, 4.69) is 36.6 Å². The number of carbonyl (C=O) groups is 6. The summed E-state index contributed by atoms with van der Waals surface area (Å²) in [5, 5.41) is 43.0. The predicted molar refractivity (Wildman–Crippen MR) is 224 cm³/mol. The van der Waals surface area contributed by atoms with E-state index in [-0.39, 0.29) is 30.8 Å². The van der Waals surface area contributed by atoms with E-state index >= 15 is 0 Å². The highest BCUT2D eigenvalue weighted by molar-refractivity contribution is 5.94. The Balaban J connectivity index is 1.34. The standard InChI is InChI=1S/C41H50N10O12/c1-20(42)34(55)46-29(15-23-8-7-9-25(52)14-23)37(58)50(4)22(3)33(36(57)44-19-26-17-31(53)38(63-26)51-13-12-32(54)48-41(51)62)49-35(56)21(2)45-40(61)47-30(39(59)60)16-24-18-43-28-11-6-5-10-27(24)28/h5-14,18-22,24,29-31,33,38,52-53H,15-17,42H2,1-4H3,(H,44,57)(H,46,55)(H,49,56)(H,59,60)(H2,45,47,61)(H,48,54,62). The van der Waals surface area contributed by atoms with Crippen LogP contribution in [-0.2, 0) is 35.1 Å². The Bertz CT molecular complexity index is 2400. The van der Waals surface area contributed by atoms with Crippen molar-refractivity contribution in [1.29, 1.82) is 0 Å². The normalized spacial score (nSPS) is 19.8. The van der Waals surface area contributed by atoms with Gasteiger partial charge in [0.2, 0.25) is 29.9 Å². The Morgan fingerprint density at radius 2 is 1.70 bits per heavy atom. The molecular formula is C41H50N10O12. The number of phenols is 1. The number of H-pyrrole nitrogens is 1. The number of aliphatic imine (C=N–C) groups is 1. The number of hydrogen-bond donors (Lipinski definition) is 10. The number of nitrogens with zero attached hydrogens (tertiary/aromatic N) is 3. The van der Waals surface area contributed by atoms with Crippen molar-refractivity contribution >= 4 is 47.5 Å². The number of carbonyl (C=O) groups excluding carboxylic acids is 5. The van der Waals surface area contributed by atoms with Gasteiger partial charge < -0.3 is 57.3 Å². The van der Waals surface area contributed by atoms with E-state index in [1.165, 1.54) is 40.0 Å². The van der Waals surface area contributed by atoms with Crippen molar-refractivity contribution in [3.8, 4) is 5.75 Å². The zero-order valence-corrected chi connectivity index (χ0v) is 34.7. The second-order valence-corrected chi connectivity index (χ2v) is 15.2. The van der Waals surface area contributed by atoms with Crippen molar-refractivity contribution in [2.75, 3.05) is 7.05 Å². The van der Waals surface area contributed by atoms with Gasteiger partial charge >= 0.3 is 17.7 Å². The van der Waals surface area contributed by atoms with E-state index in [1.54, 1.807) is 42.6 Å². The number of aliphatic hydroxyl groups is 1. The van der Waals surface area contributed by atoms with Crippen molar-refractivity contribution < 1.29 is 48.8 Å². The molecule has 0 radical (unpaired) electrons. The van der Waals surface area contributed by atoms with Gasteiger partial charge in [0.25, 0.3) is 5.56 Å². The Kier molecular flexibility index (Phi) is 15.2. The van der Waals surface area contributed by atoms with Crippen LogP contribution < -0.4 is 43.6 Å². The number of hydrogen-bond acceptors (Lipinski definition) is 13. The summed E-state index contributed by atoms with van der Waals surface area (Å²) in [7, 11) is 1.32. The van der Waals surface area contributed by atoms with Gasteiger partial charge in [-0.15, -0.1) is 0 Å². The molecule has 0 saturated carbocycles. The van der Waals surface area contributed by atoms with Crippen molar-refractivity contribution in [3.05, 3.63) is 105 Å². The third-order valence-electron chi connectivity index (χ3n) is 10.5. The fourth-order valence-electron chi connectivity index (χ4n) is 6.86. The number of aliphatic carboxylic acids is 1. The summed E-state index contributed by atoms with van der Waals surface area (Å²) < 4.78 is 6.64. The average molecular weight is 875 g/mol. The number of aromatic nitrogens is 2. The van der Waals surface area contributed by atoms with Gasteiger partial charge in [-0.05, 0) is 56.5 Å². The van der Waals surface area contributed by atoms with Gasteiger partial charge in [-0.1, -0.05) is 30.3 Å². The minimum Gasteiger partial charge on any atom is -0.508 e. The van der Waals surface area contributed by atoms with Crippen LogP contribution in [0.25, 0.3) is 0 Å². The number of fused-ring (bicyclic) bond motifs is 1. The summed E-state index contributed by atoms with van der Waals surface area (Å²) in [4.78, 5) is 111. The van der Waals surface area contributed by atoms with Gasteiger partial charge in [0.1, 0.15) is 41.8 Å². The molecule has 336 valence electrons. The molecular weight excluding hydrogens is 825 g/mol. The number of nitrogens with two attached hydrogens (primary N) is 1. The third kappa shape index (κ3) is 11.9. The zero-order valence-electron chi connectivity index (χ0n) is 34.7. The maximum absolute atomic E-state index is 14.1. The number of para-hydroxylation sites is 1. The van der Waals surface area contributed by atoms with Crippen LogP contribution in [0, 0.1) is 0 Å². The minimum atomic E-state index is -1.60. The Morgan fingerprint density at radius 3 is 2.38 bits per heavy atom. The second kappa shape index (κ2) is 20.5. The number of aliphatic hydroxyl groups excluding tert-OH is 1. The van der Waals surface area contributed by atoms with Crippen LogP contribution in [0.1, 0.15) is 56.9 Å². The molecule has 2 aliphatic rings. The molecule has 3 aromatic rings. The smallest absolute Gasteiger partial charge is 0.331 e. The molecule has 1 saturated heterocycles. The molecule has 0 spiro atoms. The molecule has 9 unspecified atom stereocenters. The number of amides is 6. The van der Waals surface area contributed by atoms with Crippen LogP contribution in [0.4, 0.5) is 10.5 Å². The second-order valence-electron chi connectivity index (χ2n) is 15.2. The van der Waals surface area contributed by atoms with E-state index in [4.69, 9.17) is 10.5 Å². The Morgan fingerprint density at radius 1 is 0.968 bits per heavy atom. The topological polar surface area (TPSA) is 329 Å². The lowest BCUT2D eigenvalue weighted by Crippen LogP contribution is -2.62. The number of phenolic OH excluding ortho intramolecular Hbond substituents is 1. The van der Waals surface area contributed by atoms with Crippen molar-refractivity contribution in [1.82, 2.24) is 41.0 Å². The molecule has 6 amide bonds. The molecule has 1 aromatic heterocycles. The van der Waals surface area contributed by atoms with Crippen LogP contribution in [0.5, 0.6) is 5.75 Å². The maximum Gasteiger partial charge on any atom is 0.331 e. The summed E-state index contributed by atoms with van der Waals surface area (Å²) in [6.45, 7) is 4.12. The predicted octanol–water partition coefficient (Wildman–Crippen LogP) is -1.08. The first-order chi connectivity index (χ1) is 29.8. The lowest BCUT2D eigenvalue weighted by molar-refractivity contribution is -0.140. The van der Waals surface area contributed by atoms with Crippen molar-refractivity contribution in [2.24, 2.45) is 10.7 Å². The van der Waals surface area contributed by atoms with Gasteiger partial charge in [0, 0.05) is 50.5 Å². The van der Waals surface area contributed by atoms with Gasteiger partial charge in [-0.25, -0.2) is 14.4 Å². The molecule has 5 rings (SSSR count). The van der Waals surface area contributed by atoms with Gasteiger partial charge in [-0.2, -0.15) is 0 Å². The molecule has 0 aliphatic carbocycles. The molecule has 22 heteroatoms. The first kappa shape index (κ1) is 46.7. The van der Waals surface area contributed by atoms with Gasteiger partial charge in [-0.3, -0.25) is 38.5 Å². The lowest BCUT2D eigenvalue weighted by Gasteiger charge is -2.34. The molecule has 2 aliphatic heterocycles. The molecule has 11 N–H and O–H groups in total. The Hall–Kier alpha value is -7.33. The number of likely N-dealkylation sites (N-methyl/N-ethyl adjacent to an activating group) is 1. The number of carboxylic acids is 1. The minimum absolute atomic E-state index is 0.00189. The first-order valence-electron chi connectivity index (χ1n) is 19.8. The molecule has 2 aromatic carbocycles. The zero-order chi connectivity index (χ0) is 46.1.